The highest BCUT2D eigenvalue weighted by molar-refractivity contribution is 5.92. The van der Waals surface area contributed by atoms with Crippen molar-refractivity contribution in [2.75, 3.05) is 28.6 Å². The maximum Gasteiger partial charge on any atom is 0.229 e. The maximum atomic E-state index is 13.7. The van der Waals surface area contributed by atoms with E-state index in [1.807, 2.05) is 13.0 Å². The summed E-state index contributed by atoms with van der Waals surface area (Å²) in [5.74, 6) is -0.340. The van der Waals surface area contributed by atoms with Crippen LogP contribution in [-0.4, -0.2) is 29.0 Å². The maximum absolute atomic E-state index is 13.7. The Morgan fingerprint density at radius 1 is 0.969 bits per heavy atom. The van der Waals surface area contributed by atoms with E-state index in [-0.39, 0.29) is 17.9 Å². The van der Waals surface area contributed by atoms with Gasteiger partial charge < -0.3 is 15.5 Å². The zero-order valence-electron chi connectivity index (χ0n) is 17.9. The summed E-state index contributed by atoms with van der Waals surface area (Å²) in [6.45, 7) is 3.96. The third-order valence-corrected chi connectivity index (χ3v) is 5.31. The molecule has 1 aliphatic heterocycles. The van der Waals surface area contributed by atoms with Crippen LogP contribution in [0, 0.1) is 18.6 Å². The summed E-state index contributed by atoms with van der Waals surface area (Å²) < 4.78 is 26.7. The first-order chi connectivity index (χ1) is 15.5. The standard InChI is InChI=1S/C24H25F2N5O/c1-16-13-22(31-11-3-2-4-12-31)30-24(27-16)29-20-9-7-19(8-10-20)28-23(32)14-17-5-6-18(25)15-21(17)26/h5-10,13,15H,2-4,11-12,14H2,1H3,(H,28,32)(H,27,29,30). The normalized spacial score (nSPS) is 13.7. The first-order valence-corrected chi connectivity index (χ1v) is 10.7. The summed E-state index contributed by atoms with van der Waals surface area (Å²) in [5.41, 5.74) is 2.38. The predicted octanol–water partition coefficient (Wildman–Crippen LogP) is 4.98. The number of amides is 1. The zero-order chi connectivity index (χ0) is 22.5. The van der Waals surface area contributed by atoms with Crippen molar-refractivity contribution in [2.45, 2.75) is 32.6 Å². The second-order valence-electron chi connectivity index (χ2n) is 7.90. The van der Waals surface area contributed by atoms with Crippen molar-refractivity contribution in [3.05, 3.63) is 71.4 Å². The Labute approximate surface area is 185 Å². The fourth-order valence-electron chi connectivity index (χ4n) is 3.70. The van der Waals surface area contributed by atoms with Crippen LogP contribution < -0.4 is 15.5 Å². The van der Waals surface area contributed by atoms with Gasteiger partial charge in [-0.1, -0.05) is 6.07 Å². The van der Waals surface area contributed by atoms with Crippen molar-refractivity contribution in [1.29, 1.82) is 0 Å². The predicted molar refractivity (Wildman–Crippen MR) is 121 cm³/mol. The van der Waals surface area contributed by atoms with Crippen LogP contribution in [0.5, 0.6) is 0 Å². The number of carbonyl (C=O) groups excluding carboxylic acids is 1. The minimum Gasteiger partial charge on any atom is -0.356 e. The molecule has 0 spiro atoms. The molecule has 0 bridgehead atoms. The first-order valence-electron chi connectivity index (χ1n) is 10.7. The molecule has 1 aromatic heterocycles. The van der Waals surface area contributed by atoms with Gasteiger partial charge >= 0.3 is 0 Å². The van der Waals surface area contributed by atoms with E-state index in [1.54, 1.807) is 24.3 Å². The van der Waals surface area contributed by atoms with E-state index >= 15 is 0 Å². The van der Waals surface area contributed by atoms with Gasteiger partial charge in [0.2, 0.25) is 11.9 Å². The Bertz CT molecular complexity index is 1100. The van der Waals surface area contributed by atoms with Gasteiger partial charge in [-0.25, -0.2) is 13.8 Å². The number of piperidine rings is 1. The number of aryl methyl sites for hydroxylation is 1. The number of carbonyl (C=O) groups is 1. The molecule has 4 rings (SSSR count). The summed E-state index contributed by atoms with van der Waals surface area (Å²) in [5, 5.41) is 5.93. The average molecular weight is 437 g/mol. The highest BCUT2D eigenvalue weighted by Crippen LogP contribution is 2.22. The van der Waals surface area contributed by atoms with Crippen molar-refractivity contribution >= 4 is 29.0 Å². The van der Waals surface area contributed by atoms with Crippen molar-refractivity contribution in [2.24, 2.45) is 0 Å². The number of halogens is 2. The van der Waals surface area contributed by atoms with Crippen molar-refractivity contribution < 1.29 is 13.6 Å². The molecule has 0 radical (unpaired) electrons. The highest BCUT2D eigenvalue weighted by Gasteiger charge is 2.14. The topological polar surface area (TPSA) is 70.2 Å². The van der Waals surface area contributed by atoms with Gasteiger partial charge in [-0.3, -0.25) is 4.79 Å². The van der Waals surface area contributed by atoms with Gasteiger partial charge in [0.25, 0.3) is 0 Å². The Morgan fingerprint density at radius 2 is 1.69 bits per heavy atom. The lowest BCUT2D eigenvalue weighted by Crippen LogP contribution is -2.30. The molecule has 1 saturated heterocycles. The van der Waals surface area contributed by atoms with Crippen LogP contribution >= 0.6 is 0 Å². The first kappa shape index (κ1) is 21.7. The van der Waals surface area contributed by atoms with Crippen molar-refractivity contribution in [3.8, 4) is 0 Å². The Hall–Kier alpha value is -3.55. The number of aromatic nitrogens is 2. The Balaban J connectivity index is 1.38. The summed E-state index contributed by atoms with van der Waals surface area (Å²) in [6.07, 6.45) is 3.43. The number of nitrogens with zero attached hydrogens (tertiary/aromatic N) is 3. The lowest BCUT2D eigenvalue weighted by Gasteiger charge is -2.28. The molecule has 1 aliphatic rings. The summed E-state index contributed by atoms with van der Waals surface area (Å²) in [4.78, 5) is 23.6. The molecule has 8 heteroatoms. The number of anilines is 4. The van der Waals surface area contributed by atoms with E-state index in [0.29, 0.717) is 11.6 Å². The fraction of sp³-hybridized carbons (Fsp3) is 0.292. The fourth-order valence-corrected chi connectivity index (χ4v) is 3.70. The molecule has 2 heterocycles. The molecule has 3 aromatic rings. The van der Waals surface area contributed by atoms with Crippen LogP contribution in [0.2, 0.25) is 0 Å². The van der Waals surface area contributed by atoms with Crippen molar-refractivity contribution in [1.82, 2.24) is 9.97 Å². The molecule has 2 aromatic carbocycles. The van der Waals surface area contributed by atoms with Crippen LogP contribution in [0.25, 0.3) is 0 Å². The second-order valence-corrected chi connectivity index (χ2v) is 7.90. The van der Waals surface area contributed by atoms with Gasteiger partial charge in [-0.05, 0) is 62.1 Å². The molecule has 6 nitrogen and oxygen atoms in total. The van der Waals surface area contributed by atoms with Gasteiger partial charge in [-0.2, -0.15) is 4.98 Å². The van der Waals surface area contributed by atoms with Crippen molar-refractivity contribution in [3.63, 3.8) is 0 Å². The highest BCUT2D eigenvalue weighted by atomic mass is 19.1. The SMILES string of the molecule is Cc1cc(N2CCCCC2)nc(Nc2ccc(NC(=O)Cc3ccc(F)cc3F)cc2)n1. The molecule has 0 unspecified atom stereocenters. The number of benzene rings is 2. The zero-order valence-corrected chi connectivity index (χ0v) is 17.9. The number of hydrogen-bond acceptors (Lipinski definition) is 5. The van der Waals surface area contributed by atoms with Crippen LogP contribution in [0.4, 0.5) is 31.9 Å². The monoisotopic (exact) mass is 437 g/mol. The molecule has 0 atom stereocenters. The molecule has 166 valence electrons. The lowest BCUT2D eigenvalue weighted by atomic mass is 10.1. The summed E-state index contributed by atoms with van der Waals surface area (Å²) in [7, 11) is 0. The molecular weight excluding hydrogens is 412 g/mol. The van der Waals surface area contributed by atoms with E-state index in [9.17, 15) is 13.6 Å². The quantitative estimate of drug-likeness (QED) is 0.569. The minimum absolute atomic E-state index is 0.142. The molecule has 2 N–H and O–H groups in total. The molecule has 32 heavy (non-hydrogen) atoms. The third-order valence-electron chi connectivity index (χ3n) is 5.31. The number of nitrogens with one attached hydrogen (secondary N) is 2. The Kier molecular flexibility index (Phi) is 6.58. The molecule has 0 aliphatic carbocycles. The summed E-state index contributed by atoms with van der Waals surface area (Å²) >= 11 is 0. The van der Waals surface area contributed by atoms with Gasteiger partial charge in [-0.15, -0.1) is 0 Å². The van der Waals surface area contributed by atoms with Crippen LogP contribution in [-0.2, 0) is 11.2 Å². The molecule has 1 fully saturated rings. The number of rotatable bonds is 6. The molecule has 1 amide bonds. The van der Waals surface area contributed by atoms with Crippen LogP contribution in [0.15, 0.2) is 48.5 Å². The average Bonchev–Trinajstić information content (AvgIpc) is 2.77. The van der Waals surface area contributed by atoms with Crippen LogP contribution in [0.3, 0.4) is 0 Å². The van der Waals surface area contributed by atoms with E-state index in [0.717, 1.165) is 42.4 Å². The number of hydrogen-bond donors (Lipinski definition) is 2. The molecule has 0 saturated carbocycles. The van der Waals surface area contributed by atoms with E-state index in [4.69, 9.17) is 0 Å². The second kappa shape index (κ2) is 9.72. The van der Waals surface area contributed by atoms with E-state index in [2.05, 4.69) is 25.5 Å². The van der Waals surface area contributed by atoms with E-state index in [1.165, 1.54) is 25.3 Å². The van der Waals surface area contributed by atoms with Gasteiger partial charge in [0.1, 0.15) is 17.5 Å². The van der Waals surface area contributed by atoms with Gasteiger partial charge in [0, 0.05) is 42.3 Å². The molecular formula is C24H25F2N5O. The minimum atomic E-state index is -0.734. The van der Waals surface area contributed by atoms with Crippen LogP contribution in [0.1, 0.15) is 30.5 Å². The Morgan fingerprint density at radius 3 is 2.41 bits per heavy atom. The largest absolute Gasteiger partial charge is 0.356 e. The van der Waals surface area contributed by atoms with Gasteiger partial charge in [0.15, 0.2) is 0 Å². The lowest BCUT2D eigenvalue weighted by molar-refractivity contribution is -0.115. The smallest absolute Gasteiger partial charge is 0.229 e. The summed E-state index contributed by atoms with van der Waals surface area (Å²) in [6, 6.07) is 12.3. The third kappa shape index (κ3) is 5.57. The van der Waals surface area contributed by atoms with E-state index < -0.39 is 11.6 Å². The van der Waals surface area contributed by atoms with Gasteiger partial charge in [0.05, 0.1) is 6.42 Å².